The highest BCUT2D eigenvalue weighted by Gasteiger charge is 2.48. The van der Waals surface area contributed by atoms with Crippen LogP contribution in [0.5, 0.6) is 0 Å². The molecule has 4 nitrogen and oxygen atoms in total. The molecule has 0 aliphatic heterocycles. The number of fused-ring (bicyclic) bond motifs is 4. The fourth-order valence-corrected chi connectivity index (χ4v) is 4.75. The molecule has 3 fully saturated rings. The Labute approximate surface area is 119 Å². The minimum Gasteiger partial charge on any atom is -0.438 e. The van der Waals surface area contributed by atoms with Crippen molar-refractivity contribution in [2.75, 3.05) is 6.79 Å². The van der Waals surface area contributed by atoms with Gasteiger partial charge < -0.3 is 14.6 Å². The summed E-state index contributed by atoms with van der Waals surface area (Å²) in [5.41, 5.74) is 0. The van der Waals surface area contributed by atoms with E-state index in [2.05, 4.69) is 0 Å². The predicted octanol–water partition coefficient (Wildman–Crippen LogP) is 1.88. The Kier molecular flexibility index (Phi) is 3.11. The molecule has 0 spiro atoms. The van der Waals surface area contributed by atoms with Crippen LogP contribution in [0.15, 0.2) is 12.2 Å². The molecule has 4 aliphatic carbocycles. The molecule has 110 valence electrons. The molecule has 1 N–H and O–H groups in total. The van der Waals surface area contributed by atoms with Crippen molar-refractivity contribution in [3.63, 3.8) is 0 Å². The second-order valence-electron chi connectivity index (χ2n) is 6.92. The molecule has 0 saturated heterocycles. The Hall–Kier alpha value is -0.870. The molecule has 0 amide bonds. The molecular formula is C16H22O4. The third-order valence-electron chi connectivity index (χ3n) is 5.86. The molecule has 0 aromatic carbocycles. The van der Waals surface area contributed by atoms with E-state index in [1.165, 1.54) is 19.3 Å². The molecule has 4 rings (SSSR count). The molecule has 0 radical (unpaired) electrons. The number of esters is 1. The average molecular weight is 278 g/mol. The standard InChI is InChI=1S/C16H22O4/c17-15-11-3-4-12(15)13(7-11)16(18)20-8-19-14-6-9-1-2-10(14)5-9/h3-4,9-15,17H,1-2,5-8H2. The van der Waals surface area contributed by atoms with Crippen LogP contribution in [0.25, 0.3) is 0 Å². The number of carbonyl (C=O) groups excluding carboxylic acids is 1. The summed E-state index contributed by atoms with van der Waals surface area (Å²) in [6.07, 6.45) is 9.65. The van der Waals surface area contributed by atoms with Crippen LogP contribution in [0.2, 0.25) is 0 Å². The Morgan fingerprint density at radius 3 is 2.70 bits per heavy atom. The van der Waals surface area contributed by atoms with Crippen molar-refractivity contribution in [2.24, 2.45) is 29.6 Å². The first kappa shape index (κ1) is 12.8. The lowest BCUT2D eigenvalue weighted by Crippen LogP contribution is -2.27. The van der Waals surface area contributed by atoms with Crippen LogP contribution in [0.1, 0.15) is 32.1 Å². The fourth-order valence-electron chi connectivity index (χ4n) is 4.75. The van der Waals surface area contributed by atoms with Crippen molar-refractivity contribution in [1.29, 1.82) is 0 Å². The van der Waals surface area contributed by atoms with Gasteiger partial charge in [-0.25, -0.2) is 0 Å². The number of hydrogen-bond acceptors (Lipinski definition) is 4. The van der Waals surface area contributed by atoms with Gasteiger partial charge in [0.05, 0.1) is 18.1 Å². The van der Waals surface area contributed by atoms with Gasteiger partial charge in [-0.05, 0) is 43.9 Å². The smallest absolute Gasteiger partial charge is 0.311 e. The Morgan fingerprint density at radius 1 is 1.20 bits per heavy atom. The summed E-state index contributed by atoms with van der Waals surface area (Å²) in [6, 6.07) is 0. The number of hydrogen-bond donors (Lipinski definition) is 1. The largest absolute Gasteiger partial charge is 0.438 e. The van der Waals surface area contributed by atoms with Crippen molar-refractivity contribution >= 4 is 5.97 Å². The van der Waals surface area contributed by atoms with E-state index in [0.717, 1.165) is 18.8 Å². The Morgan fingerprint density at radius 2 is 2.10 bits per heavy atom. The molecule has 7 atom stereocenters. The molecule has 7 unspecified atom stereocenters. The van der Waals surface area contributed by atoms with Crippen molar-refractivity contribution < 1.29 is 19.4 Å². The molecule has 4 bridgehead atoms. The number of rotatable bonds is 4. The zero-order valence-corrected chi connectivity index (χ0v) is 11.6. The lowest BCUT2D eigenvalue weighted by atomic mass is 9.94. The Bertz CT molecular complexity index is 432. The van der Waals surface area contributed by atoms with Crippen LogP contribution in [-0.4, -0.2) is 30.1 Å². The molecule has 0 aromatic heterocycles. The van der Waals surface area contributed by atoms with E-state index in [-0.39, 0.29) is 36.6 Å². The monoisotopic (exact) mass is 278 g/mol. The summed E-state index contributed by atoms with van der Waals surface area (Å²) in [5, 5.41) is 9.92. The van der Waals surface area contributed by atoms with Crippen molar-refractivity contribution in [1.82, 2.24) is 0 Å². The highest BCUT2D eigenvalue weighted by atomic mass is 16.7. The second-order valence-corrected chi connectivity index (χ2v) is 6.92. The maximum Gasteiger partial charge on any atom is 0.311 e. The normalized spacial score (nSPS) is 48.1. The summed E-state index contributed by atoms with van der Waals surface area (Å²) >= 11 is 0. The van der Waals surface area contributed by atoms with Gasteiger partial charge in [-0.1, -0.05) is 12.2 Å². The minimum atomic E-state index is -0.390. The molecule has 3 saturated carbocycles. The van der Waals surface area contributed by atoms with E-state index in [9.17, 15) is 9.90 Å². The SMILES string of the molecule is O=C(OCOC1CC2CCC1C2)C1CC2C=CC1C2O. The van der Waals surface area contributed by atoms with Gasteiger partial charge in [0.15, 0.2) is 6.79 Å². The average Bonchev–Trinajstić information content (AvgIpc) is 3.20. The van der Waals surface area contributed by atoms with Crippen molar-refractivity contribution in [3.05, 3.63) is 12.2 Å². The quantitative estimate of drug-likeness (QED) is 0.484. The fraction of sp³-hybridized carbons (Fsp3) is 0.812. The summed E-state index contributed by atoms with van der Waals surface area (Å²) in [5.74, 6) is 1.24. The summed E-state index contributed by atoms with van der Waals surface area (Å²) in [7, 11) is 0. The van der Waals surface area contributed by atoms with E-state index >= 15 is 0 Å². The lowest BCUT2D eigenvalue weighted by molar-refractivity contribution is -0.169. The molecular weight excluding hydrogens is 256 g/mol. The van der Waals surface area contributed by atoms with Crippen LogP contribution < -0.4 is 0 Å². The van der Waals surface area contributed by atoms with Crippen LogP contribution in [0.3, 0.4) is 0 Å². The van der Waals surface area contributed by atoms with E-state index in [0.29, 0.717) is 12.0 Å². The van der Waals surface area contributed by atoms with Crippen LogP contribution in [0.4, 0.5) is 0 Å². The molecule has 4 heteroatoms. The zero-order valence-electron chi connectivity index (χ0n) is 11.6. The predicted molar refractivity (Wildman–Crippen MR) is 71.5 cm³/mol. The van der Waals surface area contributed by atoms with Crippen LogP contribution in [-0.2, 0) is 14.3 Å². The number of aliphatic hydroxyl groups is 1. The zero-order chi connectivity index (χ0) is 13.7. The van der Waals surface area contributed by atoms with E-state index < -0.39 is 0 Å². The first-order valence-electron chi connectivity index (χ1n) is 7.87. The minimum absolute atomic E-state index is 0.0463. The summed E-state index contributed by atoms with van der Waals surface area (Å²) in [6.45, 7) is 0.0837. The van der Waals surface area contributed by atoms with Gasteiger partial charge in [-0.15, -0.1) is 0 Å². The highest BCUT2D eigenvalue weighted by Crippen LogP contribution is 2.46. The van der Waals surface area contributed by atoms with Crippen molar-refractivity contribution in [3.8, 4) is 0 Å². The maximum atomic E-state index is 12.1. The van der Waals surface area contributed by atoms with Gasteiger partial charge in [-0.3, -0.25) is 4.79 Å². The van der Waals surface area contributed by atoms with Gasteiger partial charge in [0, 0.05) is 11.8 Å². The molecule has 0 heterocycles. The van der Waals surface area contributed by atoms with Gasteiger partial charge >= 0.3 is 5.97 Å². The summed E-state index contributed by atoms with van der Waals surface area (Å²) in [4.78, 5) is 12.1. The Balaban J connectivity index is 1.24. The van der Waals surface area contributed by atoms with Crippen molar-refractivity contribution in [2.45, 2.75) is 44.3 Å². The molecule has 20 heavy (non-hydrogen) atoms. The maximum absolute atomic E-state index is 12.1. The van der Waals surface area contributed by atoms with E-state index in [4.69, 9.17) is 9.47 Å². The van der Waals surface area contributed by atoms with Gasteiger partial charge in [0.2, 0.25) is 0 Å². The van der Waals surface area contributed by atoms with E-state index in [1.54, 1.807) is 0 Å². The van der Waals surface area contributed by atoms with Crippen LogP contribution >= 0.6 is 0 Å². The topological polar surface area (TPSA) is 55.8 Å². The van der Waals surface area contributed by atoms with Crippen LogP contribution in [0, 0.1) is 29.6 Å². The van der Waals surface area contributed by atoms with Gasteiger partial charge in [0.25, 0.3) is 0 Å². The first-order valence-corrected chi connectivity index (χ1v) is 7.87. The first-order chi connectivity index (χ1) is 9.72. The second kappa shape index (κ2) is 4.85. The lowest BCUT2D eigenvalue weighted by Gasteiger charge is -2.23. The van der Waals surface area contributed by atoms with Gasteiger partial charge in [0.1, 0.15) is 0 Å². The number of aliphatic hydroxyl groups excluding tert-OH is 1. The highest BCUT2D eigenvalue weighted by molar-refractivity contribution is 5.74. The molecule has 0 aromatic rings. The third-order valence-corrected chi connectivity index (χ3v) is 5.86. The third kappa shape index (κ3) is 2.01. The number of ether oxygens (including phenoxy) is 2. The summed E-state index contributed by atoms with van der Waals surface area (Å²) < 4.78 is 11.0. The molecule has 4 aliphatic rings. The van der Waals surface area contributed by atoms with Gasteiger partial charge in [-0.2, -0.15) is 0 Å². The van der Waals surface area contributed by atoms with E-state index in [1.807, 2.05) is 12.2 Å². The number of carbonyl (C=O) groups is 1.